The second-order valence-electron chi connectivity index (χ2n) is 7.66. The molecule has 1 aliphatic heterocycles. The van der Waals surface area contributed by atoms with Crippen LogP contribution in [-0.4, -0.2) is 59.9 Å². The van der Waals surface area contributed by atoms with Crippen molar-refractivity contribution >= 4 is 5.91 Å². The van der Waals surface area contributed by atoms with Crippen molar-refractivity contribution in [3.63, 3.8) is 0 Å². The van der Waals surface area contributed by atoms with Crippen LogP contribution in [0.5, 0.6) is 0 Å². The number of rotatable bonds is 6. The fourth-order valence-electron chi connectivity index (χ4n) is 3.85. The van der Waals surface area contributed by atoms with Crippen LogP contribution in [0.25, 0.3) is 0 Å². The molecule has 0 aromatic carbocycles. The van der Waals surface area contributed by atoms with Gasteiger partial charge in [-0.3, -0.25) is 9.69 Å². The van der Waals surface area contributed by atoms with Crippen molar-refractivity contribution < 1.29 is 14.6 Å². The Labute approximate surface area is 139 Å². The zero-order valence-electron chi connectivity index (χ0n) is 14.4. The minimum Gasteiger partial charge on any atom is -0.391 e. The molecule has 0 radical (unpaired) electrons. The lowest BCUT2D eigenvalue weighted by atomic mass is 9.89. The molecule has 23 heavy (non-hydrogen) atoms. The SMILES string of the molecule is CC(OCC1CC1)C(=O)NC1CCN(C2CCCCC2O)CC1. The summed E-state index contributed by atoms with van der Waals surface area (Å²) < 4.78 is 5.64. The number of carbonyl (C=O) groups is 1. The van der Waals surface area contributed by atoms with Crippen molar-refractivity contribution in [2.24, 2.45) is 5.92 Å². The third kappa shape index (κ3) is 4.91. The van der Waals surface area contributed by atoms with Crippen LogP contribution in [0.1, 0.15) is 58.3 Å². The number of amides is 1. The summed E-state index contributed by atoms with van der Waals surface area (Å²) in [5.74, 6) is 0.720. The van der Waals surface area contributed by atoms with Gasteiger partial charge in [-0.1, -0.05) is 12.8 Å². The molecule has 3 fully saturated rings. The van der Waals surface area contributed by atoms with E-state index in [0.717, 1.165) is 51.8 Å². The van der Waals surface area contributed by atoms with E-state index in [2.05, 4.69) is 10.2 Å². The molecule has 132 valence electrons. The highest BCUT2D eigenvalue weighted by molar-refractivity contribution is 5.80. The summed E-state index contributed by atoms with van der Waals surface area (Å²) in [6.45, 7) is 4.53. The average Bonchev–Trinajstić information content (AvgIpc) is 3.38. The van der Waals surface area contributed by atoms with E-state index < -0.39 is 0 Å². The number of ether oxygens (including phenoxy) is 1. The van der Waals surface area contributed by atoms with Crippen molar-refractivity contribution in [2.75, 3.05) is 19.7 Å². The first-order valence-corrected chi connectivity index (χ1v) is 9.47. The highest BCUT2D eigenvalue weighted by Crippen LogP contribution is 2.29. The summed E-state index contributed by atoms with van der Waals surface area (Å²) in [4.78, 5) is 14.6. The number of likely N-dealkylation sites (tertiary alicyclic amines) is 1. The number of nitrogens with one attached hydrogen (secondary N) is 1. The van der Waals surface area contributed by atoms with Gasteiger partial charge in [0, 0.05) is 25.2 Å². The molecular weight excluding hydrogens is 292 g/mol. The Hall–Kier alpha value is -0.650. The van der Waals surface area contributed by atoms with Crippen molar-refractivity contribution in [1.82, 2.24) is 10.2 Å². The first-order valence-electron chi connectivity index (χ1n) is 9.47. The molecule has 3 aliphatic rings. The lowest BCUT2D eigenvalue weighted by Gasteiger charge is -2.41. The summed E-state index contributed by atoms with van der Waals surface area (Å²) in [6, 6.07) is 0.590. The minimum atomic E-state index is -0.339. The standard InChI is InChI=1S/C18H32N2O3/c1-13(23-12-14-6-7-14)18(22)19-15-8-10-20(11-9-15)16-4-2-3-5-17(16)21/h13-17,21H,2-12H2,1H3,(H,19,22). The maximum absolute atomic E-state index is 12.2. The van der Waals surface area contributed by atoms with Gasteiger partial charge in [0.25, 0.3) is 0 Å². The van der Waals surface area contributed by atoms with Crippen LogP contribution in [0.3, 0.4) is 0 Å². The van der Waals surface area contributed by atoms with E-state index >= 15 is 0 Å². The zero-order chi connectivity index (χ0) is 16.2. The number of aliphatic hydroxyl groups is 1. The Morgan fingerprint density at radius 2 is 1.87 bits per heavy atom. The Balaban J connectivity index is 1.37. The number of carbonyl (C=O) groups excluding carboxylic acids is 1. The summed E-state index contributed by atoms with van der Waals surface area (Å²) in [7, 11) is 0. The average molecular weight is 324 g/mol. The van der Waals surface area contributed by atoms with Crippen molar-refractivity contribution in [3.8, 4) is 0 Å². The van der Waals surface area contributed by atoms with Gasteiger partial charge in [-0.2, -0.15) is 0 Å². The van der Waals surface area contributed by atoms with E-state index in [1.165, 1.54) is 19.3 Å². The Bertz CT molecular complexity index is 392. The molecule has 3 rings (SSSR count). The molecule has 2 N–H and O–H groups in total. The maximum atomic E-state index is 12.2. The third-order valence-electron chi connectivity index (χ3n) is 5.69. The summed E-state index contributed by atoms with van der Waals surface area (Å²) in [5, 5.41) is 13.3. The van der Waals surface area contributed by atoms with E-state index in [4.69, 9.17) is 4.74 Å². The summed E-state index contributed by atoms with van der Waals surface area (Å²) in [5.41, 5.74) is 0. The number of hydrogen-bond donors (Lipinski definition) is 2. The molecule has 3 atom stereocenters. The highest BCUT2D eigenvalue weighted by atomic mass is 16.5. The van der Waals surface area contributed by atoms with Crippen LogP contribution >= 0.6 is 0 Å². The van der Waals surface area contributed by atoms with Crippen LogP contribution in [0.15, 0.2) is 0 Å². The Morgan fingerprint density at radius 3 is 2.52 bits per heavy atom. The van der Waals surface area contributed by atoms with E-state index in [-0.39, 0.29) is 24.2 Å². The van der Waals surface area contributed by atoms with E-state index in [9.17, 15) is 9.90 Å². The quantitative estimate of drug-likeness (QED) is 0.780. The monoisotopic (exact) mass is 324 g/mol. The van der Waals surface area contributed by atoms with E-state index in [0.29, 0.717) is 12.0 Å². The van der Waals surface area contributed by atoms with Crippen molar-refractivity contribution in [1.29, 1.82) is 0 Å². The smallest absolute Gasteiger partial charge is 0.249 e. The highest BCUT2D eigenvalue weighted by Gasteiger charge is 2.32. The topological polar surface area (TPSA) is 61.8 Å². The molecule has 1 saturated heterocycles. The van der Waals surface area contributed by atoms with Gasteiger partial charge in [0.15, 0.2) is 0 Å². The van der Waals surface area contributed by atoms with Gasteiger partial charge < -0.3 is 15.2 Å². The molecule has 0 aromatic rings. The number of piperidine rings is 1. The second-order valence-corrected chi connectivity index (χ2v) is 7.66. The Kier molecular flexibility index (Phi) is 5.94. The number of aliphatic hydroxyl groups excluding tert-OH is 1. The number of hydrogen-bond acceptors (Lipinski definition) is 4. The molecule has 3 unspecified atom stereocenters. The molecule has 5 nitrogen and oxygen atoms in total. The normalized spacial score (nSPS) is 31.7. The minimum absolute atomic E-state index is 0.0294. The van der Waals surface area contributed by atoms with Crippen LogP contribution in [0, 0.1) is 5.92 Å². The third-order valence-corrected chi connectivity index (χ3v) is 5.69. The maximum Gasteiger partial charge on any atom is 0.249 e. The lowest BCUT2D eigenvalue weighted by Crippen LogP contribution is -2.53. The van der Waals surface area contributed by atoms with Crippen LogP contribution in [0.4, 0.5) is 0 Å². The first kappa shape index (κ1) is 17.2. The predicted molar refractivity (Wildman–Crippen MR) is 89.1 cm³/mol. The van der Waals surface area contributed by atoms with Gasteiger partial charge in [0.2, 0.25) is 5.91 Å². The molecule has 2 saturated carbocycles. The van der Waals surface area contributed by atoms with Crippen molar-refractivity contribution in [3.05, 3.63) is 0 Å². The van der Waals surface area contributed by atoms with Gasteiger partial charge in [0.05, 0.1) is 12.7 Å². The zero-order valence-corrected chi connectivity index (χ0v) is 14.4. The molecule has 5 heteroatoms. The van der Waals surface area contributed by atoms with Gasteiger partial charge in [0.1, 0.15) is 6.10 Å². The molecule has 0 bridgehead atoms. The van der Waals surface area contributed by atoms with Gasteiger partial charge in [-0.25, -0.2) is 0 Å². The summed E-state index contributed by atoms with van der Waals surface area (Å²) >= 11 is 0. The van der Waals surface area contributed by atoms with Crippen LogP contribution in [0.2, 0.25) is 0 Å². The van der Waals surface area contributed by atoms with E-state index in [1.54, 1.807) is 0 Å². The van der Waals surface area contributed by atoms with Crippen LogP contribution < -0.4 is 5.32 Å². The fraction of sp³-hybridized carbons (Fsp3) is 0.944. The molecule has 0 aromatic heterocycles. The number of nitrogens with zero attached hydrogens (tertiary/aromatic N) is 1. The predicted octanol–water partition coefficient (Wildman–Crippen LogP) is 1.69. The first-order chi connectivity index (χ1) is 11.1. The largest absolute Gasteiger partial charge is 0.391 e. The molecule has 0 spiro atoms. The van der Waals surface area contributed by atoms with E-state index in [1.807, 2.05) is 6.92 Å². The van der Waals surface area contributed by atoms with Crippen molar-refractivity contribution in [2.45, 2.75) is 82.6 Å². The second kappa shape index (κ2) is 7.95. The lowest BCUT2D eigenvalue weighted by molar-refractivity contribution is -0.133. The summed E-state index contributed by atoms with van der Waals surface area (Å²) in [6.07, 6.45) is 8.40. The van der Waals surface area contributed by atoms with Gasteiger partial charge in [-0.05, 0) is 51.4 Å². The van der Waals surface area contributed by atoms with Crippen LogP contribution in [-0.2, 0) is 9.53 Å². The molecular formula is C18H32N2O3. The fourth-order valence-corrected chi connectivity index (χ4v) is 3.85. The molecule has 1 amide bonds. The van der Waals surface area contributed by atoms with Gasteiger partial charge >= 0.3 is 0 Å². The Morgan fingerprint density at radius 1 is 1.17 bits per heavy atom. The molecule has 2 aliphatic carbocycles. The van der Waals surface area contributed by atoms with Gasteiger partial charge in [-0.15, -0.1) is 0 Å². The molecule has 1 heterocycles.